The maximum atomic E-state index is 12.8. The minimum absolute atomic E-state index is 0.0730. The Morgan fingerprint density at radius 1 is 0.288 bits per heavy atom. The highest BCUT2D eigenvalue weighted by atomic mass is 16.6. The standard InChI is InChI=1S/C60H112O6/c1-4-7-10-13-16-19-22-24-26-27-28-29-30-31-32-34-35-38-41-44-47-50-53-59(62)65-56-57(55-64-58(61)52-49-46-43-40-37-21-18-15-12-9-6-3)66-60(63)54-51-48-45-42-39-36-33-25-23-20-17-14-11-8-5-2/h15,18,25,33,57H,4-14,16-17,19-24,26-32,34-56H2,1-3H3/b18-15-,33-25-. The van der Waals surface area contributed by atoms with Crippen molar-refractivity contribution in [2.24, 2.45) is 0 Å². The van der Waals surface area contributed by atoms with Crippen LogP contribution in [0.3, 0.4) is 0 Å². The van der Waals surface area contributed by atoms with Gasteiger partial charge in [0.2, 0.25) is 0 Å². The number of unbranched alkanes of at least 4 members (excludes halogenated alkanes) is 39. The summed E-state index contributed by atoms with van der Waals surface area (Å²) in [6.07, 6.45) is 64.7. The number of ether oxygens (including phenoxy) is 3. The molecular weight excluding hydrogens is 817 g/mol. The highest BCUT2D eigenvalue weighted by Crippen LogP contribution is 2.17. The molecule has 0 aliphatic heterocycles. The smallest absolute Gasteiger partial charge is 0.306 e. The largest absolute Gasteiger partial charge is 0.462 e. The van der Waals surface area contributed by atoms with Crippen LogP contribution in [0.5, 0.6) is 0 Å². The average molecular weight is 930 g/mol. The summed E-state index contributed by atoms with van der Waals surface area (Å²) in [5.74, 6) is -0.873. The lowest BCUT2D eigenvalue weighted by Crippen LogP contribution is -2.30. The molecule has 0 aromatic heterocycles. The molecule has 388 valence electrons. The molecule has 0 rings (SSSR count). The van der Waals surface area contributed by atoms with Gasteiger partial charge in [0.15, 0.2) is 6.10 Å². The maximum Gasteiger partial charge on any atom is 0.306 e. The van der Waals surface area contributed by atoms with Gasteiger partial charge < -0.3 is 14.2 Å². The third-order valence-electron chi connectivity index (χ3n) is 13.2. The van der Waals surface area contributed by atoms with Gasteiger partial charge in [0.05, 0.1) is 0 Å². The Hall–Kier alpha value is -2.11. The minimum Gasteiger partial charge on any atom is -0.462 e. The molecule has 0 aliphatic rings. The minimum atomic E-state index is -0.775. The number of carbonyl (C=O) groups excluding carboxylic acids is 3. The quantitative estimate of drug-likeness (QED) is 0.0262. The first-order valence-electron chi connectivity index (χ1n) is 29.3. The van der Waals surface area contributed by atoms with E-state index in [9.17, 15) is 14.4 Å². The molecule has 0 aliphatic carbocycles. The van der Waals surface area contributed by atoms with Crippen LogP contribution in [0.4, 0.5) is 0 Å². The number of allylic oxidation sites excluding steroid dienone is 4. The first-order valence-corrected chi connectivity index (χ1v) is 29.3. The van der Waals surface area contributed by atoms with E-state index in [4.69, 9.17) is 14.2 Å². The summed E-state index contributed by atoms with van der Waals surface area (Å²) < 4.78 is 16.8. The molecule has 0 amide bonds. The molecule has 0 aromatic carbocycles. The van der Waals surface area contributed by atoms with Crippen LogP contribution in [0.2, 0.25) is 0 Å². The van der Waals surface area contributed by atoms with Crippen LogP contribution < -0.4 is 0 Å². The van der Waals surface area contributed by atoms with E-state index < -0.39 is 6.10 Å². The first-order chi connectivity index (χ1) is 32.5. The molecule has 0 N–H and O–H groups in total. The number of hydrogen-bond donors (Lipinski definition) is 0. The van der Waals surface area contributed by atoms with E-state index in [1.807, 2.05) is 0 Å². The molecule has 0 saturated heterocycles. The van der Waals surface area contributed by atoms with Gasteiger partial charge in [0, 0.05) is 19.3 Å². The van der Waals surface area contributed by atoms with Crippen LogP contribution in [-0.4, -0.2) is 37.2 Å². The van der Waals surface area contributed by atoms with Gasteiger partial charge in [-0.25, -0.2) is 0 Å². The van der Waals surface area contributed by atoms with Crippen LogP contribution in [0, 0.1) is 0 Å². The van der Waals surface area contributed by atoms with Crippen molar-refractivity contribution in [2.75, 3.05) is 13.2 Å². The Morgan fingerprint density at radius 3 is 0.803 bits per heavy atom. The number of hydrogen-bond acceptors (Lipinski definition) is 6. The fraction of sp³-hybridized carbons (Fsp3) is 0.883. The van der Waals surface area contributed by atoms with Crippen molar-refractivity contribution in [1.29, 1.82) is 0 Å². The van der Waals surface area contributed by atoms with E-state index in [1.165, 1.54) is 212 Å². The predicted molar refractivity (Wildman–Crippen MR) is 284 cm³/mol. The summed E-state index contributed by atoms with van der Waals surface area (Å²) in [4.78, 5) is 38.1. The van der Waals surface area contributed by atoms with Gasteiger partial charge in [0.25, 0.3) is 0 Å². The van der Waals surface area contributed by atoms with Gasteiger partial charge in [-0.05, 0) is 64.2 Å². The zero-order valence-corrected chi connectivity index (χ0v) is 44.5. The Bertz CT molecular complexity index is 1070. The van der Waals surface area contributed by atoms with Crippen molar-refractivity contribution in [1.82, 2.24) is 0 Å². The zero-order valence-electron chi connectivity index (χ0n) is 44.5. The number of esters is 3. The zero-order chi connectivity index (χ0) is 47.9. The summed E-state index contributed by atoms with van der Waals surface area (Å²) in [6.45, 7) is 6.63. The van der Waals surface area contributed by atoms with Gasteiger partial charge in [-0.1, -0.05) is 263 Å². The van der Waals surface area contributed by atoms with Crippen LogP contribution in [0.1, 0.15) is 323 Å². The maximum absolute atomic E-state index is 12.8. The summed E-state index contributed by atoms with van der Waals surface area (Å²) in [5.41, 5.74) is 0. The lowest BCUT2D eigenvalue weighted by molar-refractivity contribution is -0.167. The molecule has 0 bridgehead atoms. The van der Waals surface area contributed by atoms with Gasteiger partial charge in [-0.3, -0.25) is 14.4 Å². The molecular formula is C60H112O6. The summed E-state index contributed by atoms with van der Waals surface area (Å²) in [5, 5.41) is 0. The third-order valence-corrected chi connectivity index (χ3v) is 13.2. The summed E-state index contributed by atoms with van der Waals surface area (Å²) >= 11 is 0. The van der Waals surface area contributed by atoms with Gasteiger partial charge in [0.1, 0.15) is 13.2 Å². The number of rotatable bonds is 54. The predicted octanol–water partition coefficient (Wildman–Crippen LogP) is 19.5. The second-order valence-electron chi connectivity index (χ2n) is 19.9. The van der Waals surface area contributed by atoms with Gasteiger partial charge >= 0.3 is 17.9 Å². The van der Waals surface area contributed by atoms with E-state index in [1.54, 1.807) is 0 Å². The van der Waals surface area contributed by atoms with Crippen LogP contribution in [-0.2, 0) is 28.6 Å². The van der Waals surface area contributed by atoms with Gasteiger partial charge in [-0.2, -0.15) is 0 Å². The van der Waals surface area contributed by atoms with E-state index in [2.05, 4.69) is 45.1 Å². The average Bonchev–Trinajstić information content (AvgIpc) is 3.31. The van der Waals surface area contributed by atoms with Gasteiger partial charge in [-0.15, -0.1) is 0 Å². The van der Waals surface area contributed by atoms with Crippen LogP contribution in [0.25, 0.3) is 0 Å². The van der Waals surface area contributed by atoms with Crippen molar-refractivity contribution in [3.05, 3.63) is 24.3 Å². The molecule has 66 heavy (non-hydrogen) atoms. The monoisotopic (exact) mass is 929 g/mol. The molecule has 0 fully saturated rings. The van der Waals surface area contributed by atoms with Crippen molar-refractivity contribution in [3.63, 3.8) is 0 Å². The lowest BCUT2D eigenvalue weighted by atomic mass is 10.0. The molecule has 6 nitrogen and oxygen atoms in total. The van der Waals surface area contributed by atoms with Crippen molar-refractivity contribution < 1.29 is 28.6 Å². The van der Waals surface area contributed by atoms with Crippen LogP contribution >= 0.6 is 0 Å². The highest BCUT2D eigenvalue weighted by molar-refractivity contribution is 5.71. The van der Waals surface area contributed by atoms with E-state index >= 15 is 0 Å². The number of carbonyl (C=O) groups is 3. The summed E-state index contributed by atoms with van der Waals surface area (Å²) in [7, 11) is 0. The molecule has 0 spiro atoms. The normalized spacial score (nSPS) is 12.1. The van der Waals surface area contributed by atoms with E-state index in [-0.39, 0.29) is 31.1 Å². The SMILES string of the molecule is CCCC/C=C\CCCCCCCC(=O)OCC(COC(=O)CCCCCCCCCCCCCCCCCCCCCCCC)OC(=O)CCCCCCC/C=C\CCCCCCCC. The Kier molecular flexibility index (Phi) is 53.7. The second kappa shape index (κ2) is 55.5. The van der Waals surface area contributed by atoms with Crippen molar-refractivity contribution in [3.8, 4) is 0 Å². The van der Waals surface area contributed by atoms with E-state index in [0.29, 0.717) is 19.3 Å². The Labute approximate surface area is 411 Å². The molecule has 0 radical (unpaired) electrons. The molecule has 1 unspecified atom stereocenters. The molecule has 0 heterocycles. The topological polar surface area (TPSA) is 78.9 Å². The highest BCUT2D eigenvalue weighted by Gasteiger charge is 2.19. The molecule has 0 saturated carbocycles. The molecule has 0 aromatic rings. The van der Waals surface area contributed by atoms with Crippen molar-refractivity contribution in [2.45, 2.75) is 329 Å². The fourth-order valence-electron chi connectivity index (χ4n) is 8.71. The molecule has 1 atom stereocenters. The molecule has 6 heteroatoms. The first kappa shape index (κ1) is 63.9. The van der Waals surface area contributed by atoms with Crippen LogP contribution in [0.15, 0.2) is 24.3 Å². The van der Waals surface area contributed by atoms with Crippen molar-refractivity contribution >= 4 is 17.9 Å². The second-order valence-corrected chi connectivity index (χ2v) is 19.9. The fourth-order valence-corrected chi connectivity index (χ4v) is 8.71. The van der Waals surface area contributed by atoms with E-state index in [0.717, 1.165) is 70.6 Å². The third kappa shape index (κ3) is 52.9. The Balaban J connectivity index is 4.24. The summed E-state index contributed by atoms with van der Waals surface area (Å²) in [6, 6.07) is 0. The Morgan fingerprint density at radius 2 is 0.515 bits per heavy atom. The lowest BCUT2D eigenvalue weighted by Gasteiger charge is -2.18.